The van der Waals surface area contributed by atoms with E-state index in [1.54, 1.807) is 26.4 Å². The fourth-order valence-corrected chi connectivity index (χ4v) is 3.62. The van der Waals surface area contributed by atoms with Crippen LogP contribution in [0.1, 0.15) is 6.92 Å². The molecule has 0 saturated heterocycles. The molecule has 0 unspecified atom stereocenters. The summed E-state index contributed by atoms with van der Waals surface area (Å²) in [5, 5.41) is 4.95. The van der Waals surface area contributed by atoms with Gasteiger partial charge in [-0.2, -0.15) is 0 Å². The van der Waals surface area contributed by atoms with E-state index in [0.717, 1.165) is 16.1 Å². The summed E-state index contributed by atoms with van der Waals surface area (Å²) in [5.74, 6) is 1.12. The highest BCUT2D eigenvalue weighted by Gasteiger charge is 2.17. The summed E-state index contributed by atoms with van der Waals surface area (Å²) < 4.78 is 10.6. The molecule has 1 amide bonds. The molecule has 0 spiro atoms. The van der Waals surface area contributed by atoms with Crippen LogP contribution in [0.25, 0.3) is 21.8 Å². The van der Waals surface area contributed by atoms with E-state index >= 15 is 0 Å². The topological polar surface area (TPSA) is 60.5 Å². The van der Waals surface area contributed by atoms with Gasteiger partial charge in [0.15, 0.2) is 11.5 Å². The Morgan fingerprint density at radius 1 is 1.04 bits per heavy atom. The Hall–Kier alpha value is -2.57. The maximum Gasteiger partial charge on any atom is 0.221 e. The van der Waals surface area contributed by atoms with Crippen LogP contribution in [0.15, 0.2) is 42.5 Å². The predicted molar refractivity (Wildman–Crippen MR) is 105 cm³/mol. The van der Waals surface area contributed by atoms with Gasteiger partial charge in [0.25, 0.3) is 0 Å². The van der Waals surface area contributed by atoms with Crippen molar-refractivity contribution in [1.29, 1.82) is 0 Å². The molecule has 26 heavy (non-hydrogen) atoms. The average Bonchev–Trinajstić information content (AvgIpc) is 3.04. The first kappa shape index (κ1) is 18.2. The van der Waals surface area contributed by atoms with E-state index in [4.69, 9.17) is 26.1 Å². The number of thiazole rings is 1. The number of amides is 1. The summed E-state index contributed by atoms with van der Waals surface area (Å²) in [6.07, 6.45) is 0. The van der Waals surface area contributed by atoms with Crippen molar-refractivity contribution in [1.82, 2.24) is 4.98 Å². The summed E-state index contributed by atoms with van der Waals surface area (Å²) in [6.45, 7) is 1.47. The number of hydrogen-bond acceptors (Lipinski definition) is 5. The lowest BCUT2D eigenvalue weighted by Crippen LogP contribution is -2.05. The standard InChI is InChI=1S/C19H17ClN2O3S/c1-11(23)21-19-17(12-4-7-14(20)8-5-12)22-18(26-19)13-6-9-15(24-2)16(10-13)25-3/h4-10H,1-3H3,(H,21,23). The Kier molecular flexibility index (Phi) is 5.44. The lowest BCUT2D eigenvalue weighted by molar-refractivity contribution is -0.114. The van der Waals surface area contributed by atoms with Crippen LogP contribution in [0.5, 0.6) is 11.5 Å². The number of nitrogens with zero attached hydrogens (tertiary/aromatic N) is 1. The van der Waals surface area contributed by atoms with Crippen molar-refractivity contribution in [2.24, 2.45) is 0 Å². The van der Waals surface area contributed by atoms with E-state index in [9.17, 15) is 4.79 Å². The summed E-state index contributed by atoms with van der Waals surface area (Å²) in [6, 6.07) is 12.9. The van der Waals surface area contributed by atoms with Crippen molar-refractivity contribution in [3.63, 3.8) is 0 Å². The molecule has 1 aromatic heterocycles. The molecular weight excluding hydrogens is 372 g/mol. The Balaban J connectivity index is 2.08. The molecule has 1 heterocycles. The van der Waals surface area contributed by atoms with E-state index < -0.39 is 0 Å². The van der Waals surface area contributed by atoms with Gasteiger partial charge in [0.2, 0.25) is 5.91 Å². The van der Waals surface area contributed by atoms with Crippen LogP contribution >= 0.6 is 22.9 Å². The number of aromatic nitrogens is 1. The Labute approximate surface area is 160 Å². The first-order valence-electron chi connectivity index (χ1n) is 7.78. The maximum atomic E-state index is 11.6. The Morgan fingerprint density at radius 2 is 1.69 bits per heavy atom. The number of nitrogens with one attached hydrogen (secondary N) is 1. The number of benzene rings is 2. The smallest absolute Gasteiger partial charge is 0.221 e. The van der Waals surface area contributed by atoms with Gasteiger partial charge in [-0.1, -0.05) is 35.1 Å². The second-order valence-electron chi connectivity index (χ2n) is 5.45. The van der Waals surface area contributed by atoms with E-state index in [0.29, 0.717) is 27.2 Å². The van der Waals surface area contributed by atoms with Gasteiger partial charge < -0.3 is 14.8 Å². The van der Waals surface area contributed by atoms with Crippen molar-refractivity contribution < 1.29 is 14.3 Å². The molecule has 3 rings (SSSR count). The molecule has 0 atom stereocenters. The second kappa shape index (κ2) is 7.76. The van der Waals surface area contributed by atoms with Crippen molar-refractivity contribution >= 4 is 33.8 Å². The van der Waals surface area contributed by atoms with Crippen LogP contribution < -0.4 is 14.8 Å². The molecule has 1 N–H and O–H groups in total. The van der Waals surface area contributed by atoms with E-state index in [1.165, 1.54) is 18.3 Å². The first-order valence-corrected chi connectivity index (χ1v) is 8.98. The molecule has 0 radical (unpaired) electrons. The monoisotopic (exact) mass is 388 g/mol. The zero-order valence-electron chi connectivity index (χ0n) is 14.5. The number of ether oxygens (including phenoxy) is 2. The van der Waals surface area contributed by atoms with E-state index in [1.807, 2.05) is 30.3 Å². The first-order chi connectivity index (χ1) is 12.5. The van der Waals surface area contributed by atoms with Gasteiger partial charge in [0.05, 0.1) is 14.2 Å². The van der Waals surface area contributed by atoms with Crippen LogP contribution in [-0.2, 0) is 4.79 Å². The summed E-state index contributed by atoms with van der Waals surface area (Å²) in [7, 11) is 3.18. The fraction of sp³-hybridized carbons (Fsp3) is 0.158. The highest BCUT2D eigenvalue weighted by molar-refractivity contribution is 7.19. The maximum absolute atomic E-state index is 11.6. The number of hydrogen-bond donors (Lipinski definition) is 1. The average molecular weight is 389 g/mol. The SMILES string of the molecule is COc1ccc(-c2nc(-c3ccc(Cl)cc3)c(NC(C)=O)s2)cc1OC. The quantitative estimate of drug-likeness (QED) is 0.660. The van der Waals surface area contributed by atoms with Gasteiger partial charge in [0.1, 0.15) is 15.7 Å². The molecule has 0 saturated carbocycles. The number of halogens is 1. The molecule has 3 aromatic rings. The van der Waals surface area contributed by atoms with Crippen LogP contribution in [0, 0.1) is 0 Å². The van der Waals surface area contributed by atoms with Crippen molar-refractivity contribution in [2.75, 3.05) is 19.5 Å². The van der Waals surface area contributed by atoms with Gasteiger partial charge in [0, 0.05) is 23.1 Å². The number of carbonyl (C=O) groups is 1. The molecule has 2 aromatic carbocycles. The highest BCUT2D eigenvalue weighted by Crippen LogP contribution is 2.40. The van der Waals surface area contributed by atoms with E-state index in [-0.39, 0.29) is 5.91 Å². The normalized spacial score (nSPS) is 10.5. The largest absolute Gasteiger partial charge is 0.493 e. The molecule has 0 aliphatic carbocycles. The van der Waals surface area contributed by atoms with Crippen molar-refractivity contribution in [3.8, 4) is 33.3 Å². The Bertz CT molecular complexity index is 938. The van der Waals surface area contributed by atoms with Crippen LogP contribution in [0.4, 0.5) is 5.00 Å². The van der Waals surface area contributed by atoms with Gasteiger partial charge in [-0.05, 0) is 30.3 Å². The number of carbonyl (C=O) groups excluding carboxylic acids is 1. The van der Waals surface area contributed by atoms with Crippen molar-refractivity contribution in [3.05, 3.63) is 47.5 Å². The van der Waals surface area contributed by atoms with Gasteiger partial charge in [-0.15, -0.1) is 0 Å². The minimum absolute atomic E-state index is 0.150. The third kappa shape index (κ3) is 3.81. The van der Waals surface area contributed by atoms with Gasteiger partial charge in [-0.3, -0.25) is 4.79 Å². The molecule has 0 aliphatic rings. The minimum Gasteiger partial charge on any atom is -0.493 e. The molecular formula is C19H17ClN2O3S. The van der Waals surface area contributed by atoms with Gasteiger partial charge >= 0.3 is 0 Å². The zero-order valence-corrected chi connectivity index (χ0v) is 16.1. The lowest BCUT2D eigenvalue weighted by Gasteiger charge is -2.08. The third-order valence-electron chi connectivity index (χ3n) is 3.66. The predicted octanol–water partition coefficient (Wildman–Crippen LogP) is 5.11. The van der Waals surface area contributed by atoms with Crippen LogP contribution in [0.3, 0.4) is 0 Å². The van der Waals surface area contributed by atoms with E-state index in [2.05, 4.69) is 5.32 Å². The van der Waals surface area contributed by atoms with Crippen LogP contribution in [-0.4, -0.2) is 25.1 Å². The summed E-state index contributed by atoms with van der Waals surface area (Å²) in [5.41, 5.74) is 2.45. The molecule has 0 fully saturated rings. The molecule has 0 bridgehead atoms. The number of anilines is 1. The zero-order chi connectivity index (χ0) is 18.7. The summed E-state index contributed by atoms with van der Waals surface area (Å²) >= 11 is 7.37. The molecule has 0 aliphatic heterocycles. The lowest BCUT2D eigenvalue weighted by atomic mass is 10.1. The third-order valence-corrected chi connectivity index (χ3v) is 4.94. The molecule has 5 nitrogen and oxygen atoms in total. The Morgan fingerprint density at radius 3 is 2.31 bits per heavy atom. The van der Waals surface area contributed by atoms with Crippen LogP contribution in [0.2, 0.25) is 5.02 Å². The van der Waals surface area contributed by atoms with Crippen molar-refractivity contribution in [2.45, 2.75) is 6.92 Å². The molecule has 134 valence electrons. The number of rotatable bonds is 5. The molecule has 7 heteroatoms. The highest BCUT2D eigenvalue weighted by atomic mass is 35.5. The van der Waals surface area contributed by atoms with Gasteiger partial charge in [-0.25, -0.2) is 4.98 Å². The number of methoxy groups -OCH3 is 2. The second-order valence-corrected chi connectivity index (χ2v) is 6.89. The fourth-order valence-electron chi connectivity index (χ4n) is 2.46. The summed E-state index contributed by atoms with van der Waals surface area (Å²) in [4.78, 5) is 16.3. The minimum atomic E-state index is -0.150.